The van der Waals surface area contributed by atoms with Crippen molar-refractivity contribution in [1.29, 1.82) is 0 Å². The molecule has 1 atom stereocenters. The number of nitrogens with zero attached hydrogens (tertiary/aromatic N) is 3. The Morgan fingerprint density at radius 3 is 2.48 bits per heavy atom. The summed E-state index contributed by atoms with van der Waals surface area (Å²) in [6.45, 7) is 3.73. The van der Waals surface area contributed by atoms with E-state index in [0.717, 1.165) is 16.9 Å². The third-order valence-electron chi connectivity index (χ3n) is 4.93. The highest BCUT2D eigenvalue weighted by Crippen LogP contribution is 2.29. The van der Waals surface area contributed by atoms with Gasteiger partial charge >= 0.3 is 0 Å². The number of ether oxygens (including phenoxy) is 1. The summed E-state index contributed by atoms with van der Waals surface area (Å²) in [7, 11) is 0. The number of aryl methyl sites for hydroxylation is 1. The maximum Gasteiger partial charge on any atom is 0.234 e. The van der Waals surface area contributed by atoms with Gasteiger partial charge in [-0.25, -0.2) is 4.39 Å². The van der Waals surface area contributed by atoms with Gasteiger partial charge in [-0.05, 0) is 49.7 Å². The predicted molar refractivity (Wildman–Crippen MR) is 127 cm³/mol. The maximum absolute atomic E-state index is 14.1. The number of carbonyl (C=O) groups is 1. The highest BCUT2D eigenvalue weighted by Gasteiger charge is 2.22. The second kappa shape index (κ2) is 10.3. The molecule has 168 valence electrons. The Balaban J connectivity index is 1.56. The topological polar surface area (TPSA) is 69.0 Å². The Labute approximate surface area is 195 Å². The molecule has 0 aliphatic carbocycles. The molecule has 4 rings (SSSR count). The Morgan fingerprint density at radius 1 is 1.03 bits per heavy atom. The van der Waals surface area contributed by atoms with Crippen LogP contribution in [0.2, 0.25) is 0 Å². The van der Waals surface area contributed by atoms with Gasteiger partial charge in [0, 0.05) is 11.4 Å². The summed E-state index contributed by atoms with van der Waals surface area (Å²) < 4.78 is 21.8. The van der Waals surface area contributed by atoms with E-state index in [2.05, 4.69) is 15.5 Å². The van der Waals surface area contributed by atoms with Crippen molar-refractivity contribution in [1.82, 2.24) is 14.8 Å². The van der Waals surface area contributed by atoms with Gasteiger partial charge in [-0.1, -0.05) is 60.3 Å². The van der Waals surface area contributed by atoms with Gasteiger partial charge < -0.3 is 10.1 Å². The van der Waals surface area contributed by atoms with Crippen molar-refractivity contribution in [3.05, 3.63) is 96.1 Å². The number of aromatic nitrogens is 3. The van der Waals surface area contributed by atoms with Crippen molar-refractivity contribution < 1.29 is 13.9 Å². The summed E-state index contributed by atoms with van der Waals surface area (Å²) in [5.74, 6) is 0.208. The monoisotopic (exact) mass is 462 g/mol. The van der Waals surface area contributed by atoms with E-state index >= 15 is 0 Å². The van der Waals surface area contributed by atoms with Crippen molar-refractivity contribution in [2.45, 2.75) is 25.1 Å². The minimum absolute atomic E-state index is 0.138. The SMILES string of the molecule is Cc1ccccc1NC(=O)CSc1nnc(C(C)Oc2ccccc2F)n1-c1ccccc1. The number of hydrogen-bond donors (Lipinski definition) is 1. The number of anilines is 1. The van der Waals surface area contributed by atoms with Crippen LogP contribution in [0.5, 0.6) is 5.75 Å². The first-order valence-electron chi connectivity index (χ1n) is 10.4. The summed E-state index contributed by atoms with van der Waals surface area (Å²) in [6.07, 6.45) is -0.579. The lowest BCUT2D eigenvalue weighted by Crippen LogP contribution is -2.16. The zero-order valence-corrected chi connectivity index (χ0v) is 19.1. The first-order valence-corrected chi connectivity index (χ1v) is 11.4. The van der Waals surface area contributed by atoms with E-state index in [1.807, 2.05) is 66.1 Å². The van der Waals surface area contributed by atoms with E-state index in [1.165, 1.54) is 17.8 Å². The van der Waals surface area contributed by atoms with Gasteiger partial charge in [0.05, 0.1) is 5.75 Å². The first kappa shape index (κ1) is 22.5. The van der Waals surface area contributed by atoms with E-state index in [9.17, 15) is 9.18 Å². The molecule has 0 saturated carbocycles. The molecule has 4 aromatic rings. The van der Waals surface area contributed by atoms with Crippen molar-refractivity contribution in [3.63, 3.8) is 0 Å². The number of thioether (sulfide) groups is 1. The number of rotatable bonds is 8. The molecule has 1 aromatic heterocycles. The van der Waals surface area contributed by atoms with Crippen molar-refractivity contribution in [2.24, 2.45) is 0 Å². The normalized spacial score (nSPS) is 11.7. The third kappa shape index (κ3) is 5.40. The van der Waals surface area contributed by atoms with E-state index in [1.54, 1.807) is 25.1 Å². The fourth-order valence-electron chi connectivity index (χ4n) is 3.27. The average molecular weight is 463 g/mol. The molecule has 3 aromatic carbocycles. The van der Waals surface area contributed by atoms with Crippen LogP contribution in [0.25, 0.3) is 5.69 Å². The Bertz CT molecular complexity index is 1250. The second-order valence-electron chi connectivity index (χ2n) is 7.35. The van der Waals surface area contributed by atoms with Crippen molar-refractivity contribution in [2.75, 3.05) is 11.1 Å². The zero-order valence-electron chi connectivity index (χ0n) is 18.2. The highest BCUT2D eigenvalue weighted by molar-refractivity contribution is 7.99. The van der Waals surface area contributed by atoms with Gasteiger partial charge in [0.1, 0.15) is 0 Å². The molecule has 0 aliphatic rings. The predicted octanol–water partition coefficient (Wildman–Crippen LogP) is 5.59. The number of para-hydroxylation sites is 3. The lowest BCUT2D eigenvalue weighted by molar-refractivity contribution is -0.113. The van der Waals surface area contributed by atoms with Crippen LogP contribution in [0.15, 0.2) is 84.0 Å². The molecular weight excluding hydrogens is 439 g/mol. The molecule has 0 fully saturated rings. The third-order valence-corrected chi connectivity index (χ3v) is 5.86. The molecule has 1 heterocycles. The highest BCUT2D eigenvalue weighted by atomic mass is 32.2. The molecule has 0 aliphatic heterocycles. The van der Waals surface area contributed by atoms with E-state index in [4.69, 9.17) is 4.74 Å². The molecule has 0 spiro atoms. The van der Waals surface area contributed by atoms with Crippen LogP contribution in [0.3, 0.4) is 0 Å². The molecule has 0 radical (unpaired) electrons. The molecular formula is C25H23FN4O2S. The maximum atomic E-state index is 14.1. The van der Waals surface area contributed by atoms with Gasteiger partial charge in [-0.15, -0.1) is 10.2 Å². The minimum Gasteiger partial charge on any atom is -0.480 e. The Morgan fingerprint density at radius 2 is 1.73 bits per heavy atom. The van der Waals surface area contributed by atoms with Crippen molar-refractivity contribution in [3.8, 4) is 11.4 Å². The van der Waals surface area contributed by atoms with Crippen LogP contribution in [-0.2, 0) is 4.79 Å². The van der Waals surface area contributed by atoms with Gasteiger partial charge in [0.15, 0.2) is 28.7 Å². The molecule has 1 unspecified atom stereocenters. The summed E-state index contributed by atoms with van der Waals surface area (Å²) in [6, 6.07) is 23.4. The lowest BCUT2D eigenvalue weighted by Gasteiger charge is -2.17. The summed E-state index contributed by atoms with van der Waals surface area (Å²) in [4.78, 5) is 12.5. The van der Waals surface area contributed by atoms with E-state index in [-0.39, 0.29) is 17.4 Å². The largest absolute Gasteiger partial charge is 0.480 e. The first-order chi connectivity index (χ1) is 16.0. The Kier molecular flexibility index (Phi) is 7.04. The molecule has 8 heteroatoms. The van der Waals surface area contributed by atoms with Gasteiger partial charge in [-0.3, -0.25) is 9.36 Å². The van der Waals surface area contributed by atoms with Crippen LogP contribution >= 0.6 is 11.8 Å². The Hall–Kier alpha value is -3.65. The van der Waals surface area contributed by atoms with Crippen molar-refractivity contribution >= 4 is 23.4 Å². The lowest BCUT2D eigenvalue weighted by atomic mass is 10.2. The molecule has 0 bridgehead atoms. The van der Waals surface area contributed by atoms with E-state index in [0.29, 0.717) is 11.0 Å². The molecule has 0 saturated heterocycles. The van der Waals surface area contributed by atoms with Crippen LogP contribution in [0, 0.1) is 12.7 Å². The fraction of sp³-hybridized carbons (Fsp3) is 0.160. The average Bonchev–Trinajstić information content (AvgIpc) is 3.25. The van der Waals surface area contributed by atoms with Crippen LogP contribution in [0.1, 0.15) is 24.4 Å². The smallest absolute Gasteiger partial charge is 0.234 e. The number of amides is 1. The summed E-state index contributed by atoms with van der Waals surface area (Å²) in [5.41, 5.74) is 2.59. The number of benzene rings is 3. The number of halogens is 1. The van der Waals surface area contributed by atoms with Gasteiger partial charge in [0.25, 0.3) is 0 Å². The van der Waals surface area contributed by atoms with Crippen LogP contribution in [0.4, 0.5) is 10.1 Å². The van der Waals surface area contributed by atoms with Crippen LogP contribution in [-0.4, -0.2) is 26.4 Å². The van der Waals surface area contributed by atoms with E-state index < -0.39 is 11.9 Å². The zero-order chi connectivity index (χ0) is 23.2. The number of carbonyl (C=O) groups excluding carboxylic acids is 1. The van der Waals surface area contributed by atoms with Gasteiger partial charge in [-0.2, -0.15) is 0 Å². The number of hydrogen-bond acceptors (Lipinski definition) is 5. The summed E-state index contributed by atoms with van der Waals surface area (Å²) in [5, 5.41) is 12.1. The summed E-state index contributed by atoms with van der Waals surface area (Å²) >= 11 is 1.27. The fourth-order valence-corrected chi connectivity index (χ4v) is 4.03. The quantitative estimate of drug-likeness (QED) is 0.346. The molecule has 33 heavy (non-hydrogen) atoms. The second-order valence-corrected chi connectivity index (χ2v) is 8.30. The molecule has 1 amide bonds. The number of nitrogens with one attached hydrogen (secondary N) is 1. The van der Waals surface area contributed by atoms with Crippen LogP contribution < -0.4 is 10.1 Å². The minimum atomic E-state index is -0.579. The standard InChI is InChI=1S/C25H23FN4O2S/c1-17-10-6-8-14-21(17)27-23(31)16-33-25-29-28-24(30(25)19-11-4-3-5-12-19)18(2)32-22-15-9-7-13-20(22)26/h3-15,18H,16H2,1-2H3,(H,27,31). The van der Waals surface area contributed by atoms with Gasteiger partial charge in [0.2, 0.25) is 5.91 Å². The molecule has 1 N–H and O–H groups in total. The molecule has 6 nitrogen and oxygen atoms in total.